The van der Waals surface area contributed by atoms with Crippen LogP contribution in [-0.2, 0) is 30.5 Å². The number of aryl methyl sites for hydroxylation is 2. The lowest BCUT2D eigenvalue weighted by Gasteiger charge is -2.24. The first-order valence-electron chi connectivity index (χ1n) is 8.85. The first-order valence-corrected chi connectivity index (χ1v) is 10.0. The number of thiazole rings is 1. The van der Waals surface area contributed by atoms with Crippen LogP contribution >= 0.6 is 22.9 Å². The number of hydrogen-bond acceptors (Lipinski definition) is 4. The molecule has 2 aliphatic rings. The molecule has 1 amide bonds. The Kier molecular flexibility index (Phi) is 4.95. The topological polar surface area (TPSA) is 51.2 Å². The van der Waals surface area contributed by atoms with Gasteiger partial charge >= 0.3 is 0 Å². The van der Waals surface area contributed by atoms with Gasteiger partial charge in [-0.05, 0) is 55.9 Å². The molecule has 0 saturated heterocycles. The van der Waals surface area contributed by atoms with Crippen LogP contribution < -0.4 is 10.1 Å². The number of fused-ring (bicyclic) bond motifs is 2. The van der Waals surface area contributed by atoms with Gasteiger partial charge in [0.25, 0.3) is 0 Å². The predicted molar refractivity (Wildman–Crippen MR) is 99.6 cm³/mol. The van der Waals surface area contributed by atoms with Crippen LogP contribution in [0.25, 0.3) is 0 Å². The molecular formula is C19H21ClN2O2S. The highest BCUT2D eigenvalue weighted by atomic mass is 35.5. The first-order chi connectivity index (χ1) is 12.2. The molecule has 0 spiro atoms. The van der Waals surface area contributed by atoms with Gasteiger partial charge in [-0.2, -0.15) is 0 Å². The fourth-order valence-electron chi connectivity index (χ4n) is 3.48. The van der Waals surface area contributed by atoms with Crippen molar-refractivity contribution in [1.29, 1.82) is 0 Å². The second-order valence-electron chi connectivity index (χ2n) is 6.69. The lowest BCUT2D eigenvalue weighted by Crippen LogP contribution is -2.38. The van der Waals surface area contributed by atoms with Crippen LogP contribution in [0.3, 0.4) is 0 Å². The van der Waals surface area contributed by atoms with Crippen molar-refractivity contribution in [3.05, 3.63) is 44.4 Å². The zero-order chi connectivity index (χ0) is 17.2. The summed E-state index contributed by atoms with van der Waals surface area (Å²) in [6.07, 6.45) is 6.28. The summed E-state index contributed by atoms with van der Waals surface area (Å²) in [5.74, 6) is 0.726. The molecule has 0 bridgehead atoms. The van der Waals surface area contributed by atoms with Crippen LogP contribution in [0.15, 0.2) is 18.2 Å². The van der Waals surface area contributed by atoms with Gasteiger partial charge in [0.2, 0.25) is 5.91 Å². The summed E-state index contributed by atoms with van der Waals surface area (Å²) in [5, 5.41) is 4.86. The molecule has 0 saturated carbocycles. The summed E-state index contributed by atoms with van der Waals surface area (Å²) in [5.41, 5.74) is 2.29. The maximum absolute atomic E-state index is 12.4. The van der Waals surface area contributed by atoms with Crippen molar-refractivity contribution in [3.8, 4) is 5.75 Å². The van der Waals surface area contributed by atoms with Crippen LogP contribution in [-0.4, -0.2) is 24.0 Å². The Hall–Kier alpha value is -1.59. The van der Waals surface area contributed by atoms with Crippen molar-refractivity contribution in [1.82, 2.24) is 10.3 Å². The molecule has 2 aromatic rings. The minimum Gasteiger partial charge on any atom is -0.492 e. The smallest absolute Gasteiger partial charge is 0.226 e. The van der Waals surface area contributed by atoms with E-state index in [-0.39, 0.29) is 11.8 Å². The van der Waals surface area contributed by atoms with Crippen molar-refractivity contribution >= 4 is 28.8 Å². The summed E-state index contributed by atoms with van der Waals surface area (Å²) in [4.78, 5) is 18.6. The van der Waals surface area contributed by atoms with Gasteiger partial charge in [-0.15, -0.1) is 11.3 Å². The Morgan fingerprint density at radius 3 is 3.12 bits per heavy atom. The second-order valence-corrected chi connectivity index (χ2v) is 8.29. The number of nitrogens with zero attached hydrogens (tertiary/aromatic N) is 1. The first kappa shape index (κ1) is 16.9. The number of hydrogen-bond donors (Lipinski definition) is 1. The van der Waals surface area contributed by atoms with Gasteiger partial charge in [-0.25, -0.2) is 4.98 Å². The third-order valence-corrected chi connectivity index (χ3v) is 6.28. The molecule has 132 valence electrons. The SMILES string of the molecule is O=C(NCCc1nc2c(s1)CCCC2)[C@H]1COc2ccc(Cl)cc2C1. The van der Waals surface area contributed by atoms with Gasteiger partial charge in [0.1, 0.15) is 12.4 Å². The third-order valence-electron chi connectivity index (χ3n) is 4.83. The molecule has 1 atom stereocenters. The summed E-state index contributed by atoms with van der Waals surface area (Å²) >= 11 is 7.85. The fraction of sp³-hybridized carbons (Fsp3) is 0.474. The summed E-state index contributed by atoms with van der Waals surface area (Å²) < 4.78 is 5.70. The van der Waals surface area contributed by atoms with Gasteiger partial charge < -0.3 is 10.1 Å². The highest BCUT2D eigenvalue weighted by Crippen LogP contribution is 2.30. The second kappa shape index (κ2) is 7.34. The van der Waals surface area contributed by atoms with Gasteiger partial charge in [0.15, 0.2) is 0 Å². The molecule has 0 unspecified atom stereocenters. The van der Waals surface area contributed by atoms with E-state index >= 15 is 0 Å². The minimum atomic E-state index is -0.157. The Morgan fingerprint density at radius 2 is 2.24 bits per heavy atom. The van der Waals surface area contributed by atoms with Crippen LogP contribution in [0.5, 0.6) is 5.75 Å². The van der Waals surface area contributed by atoms with Gasteiger partial charge in [-0.3, -0.25) is 4.79 Å². The van der Waals surface area contributed by atoms with Crippen molar-refractivity contribution in [3.63, 3.8) is 0 Å². The highest BCUT2D eigenvalue weighted by molar-refractivity contribution is 7.11. The molecule has 1 aromatic carbocycles. The van der Waals surface area contributed by atoms with E-state index in [0.717, 1.165) is 29.2 Å². The van der Waals surface area contributed by atoms with E-state index in [2.05, 4.69) is 5.32 Å². The van der Waals surface area contributed by atoms with E-state index in [1.165, 1.54) is 29.8 Å². The highest BCUT2D eigenvalue weighted by Gasteiger charge is 2.26. The van der Waals surface area contributed by atoms with Crippen LogP contribution in [0.1, 0.15) is 34.0 Å². The van der Waals surface area contributed by atoms with Crippen molar-refractivity contribution in [2.75, 3.05) is 13.2 Å². The largest absolute Gasteiger partial charge is 0.492 e. The van der Waals surface area contributed by atoms with Crippen LogP contribution in [0.2, 0.25) is 5.02 Å². The van der Waals surface area contributed by atoms with E-state index in [9.17, 15) is 4.79 Å². The number of carbonyl (C=O) groups is 1. The fourth-order valence-corrected chi connectivity index (χ4v) is 4.83. The third kappa shape index (κ3) is 3.82. The zero-order valence-electron chi connectivity index (χ0n) is 14.0. The molecule has 0 fully saturated rings. The van der Waals surface area contributed by atoms with E-state index < -0.39 is 0 Å². The number of benzene rings is 1. The molecule has 1 N–H and O–H groups in total. The average molecular weight is 377 g/mol. The summed E-state index contributed by atoms with van der Waals surface area (Å²) in [7, 11) is 0. The number of aromatic nitrogens is 1. The molecule has 4 rings (SSSR count). The van der Waals surface area contributed by atoms with E-state index in [0.29, 0.717) is 24.6 Å². The average Bonchev–Trinajstić information content (AvgIpc) is 3.03. The predicted octanol–water partition coefficient (Wildman–Crippen LogP) is 3.59. The molecule has 1 aliphatic carbocycles. The number of carbonyl (C=O) groups excluding carboxylic acids is 1. The minimum absolute atomic E-state index is 0.0481. The molecule has 6 heteroatoms. The van der Waals surface area contributed by atoms with Crippen LogP contribution in [0, 0.1) is 5.92 Å². The standard InChI is InChI=1S/C19H21ClN2O2S/c20-14-5-6-16-12(10-14)9-13(11-24-16)19(23)21-8-7-18-22-15-3-1-2-4-17(15)25-18/h5-6,10,13H,1-4,7-9,11H2,(H,21,23)/t13-/m1/s1. The maximum Gasteiger partial charge on any atom is 0.226 e. The molecular weight excluding hydrogens is 356 g/mol. The molecule has 0 radical (unpaired) electrons. The lowest BCUT2D eigenvalue weighted by atomic mass is 9.96. The Balaban J connectivity index is 1.30. The molecule has 4 nitrogen and oxygen atoms in total. The van der Waals surface area contributed by atoms with Gasteiger partial charge in [-0.1, -0.05) is 11.6 Å². The van der Waals surface area contributed by atoms with Crippen molar-refractivity contribution < 1.29 is 9.53 Å². The normalized spacial score (nSPS) is 18.8. The Labute approximate surface area is 156 Å². The van der Waals surface area contributed by atoms with E-state index in [1.54, 1.807) is 0 Å². The molecule has 2 heterocycles. The van der Waals surface area contributed by atoms with Crippen LogP contribution in [0.4, 0.5) is 0 Å². The lowest BCUT2D eigenvalue weighted by molar-refractivity contribution is -0.126. The number of amides is 1. The summed E-state index contributed by atoms with van der Waals surface area (Å²) in [6, 6.07) is 5.57. The number of nitrogens with one attached hydrogen (secondary N) is 1. The number of rotatable bonds is 4. The van der Waals surface area contributed by atoms with Gasteiger partial charge in [0.05, 0.1) is 16.6 Å². The van der Waals surface area contributed by atoms with E-state index in [4.69, 9.17) is 21.3 Å². The number of halogens is 1. The zero-order valence-corrected chi connectivity index (χ0v) is 15.6. The van der Waals surface area contributed by atoms with E-state index in [1.807, 2.05) is 29.5 Å². The quantitative estimate of drug-likeness (QED) is 0.887. The monoisotopic (exact) mass is 376 g/mol. The number of ether oxygens (including phenoxy) is 1. The van der Waals surface area contributed by atoms with Crippen molar-refractivity contribution in [2.45, 2.75) is 38.5 Å². The van der Waals surface area contributed by atoms with Crippen molar-refractivity contribution in [2.24, 2.45) is 5.92 Å². The van der Waals surface area contributed by atoms with Gasteiger partial charge in [0, 0.05) is 22.9 Å². The Morgan fingerprint density at radius 1 is 1.36 bits per heavy atom. The molecule has 1 aromatic heterocycles. The Bertz CT molecular complexity index is 766. The maximum atomic E-state index is 12.4. The molecule has 25 heavy (non-hydrogen) atoms. The summed E-state index contributed by atoms with van der Waals surface area (Å²) in [6.45, 7) is 1.05. The molecule has 1 aliphatic heterocycles.